The van der Waals surface area contributed by atoms with E-state index in [4.69, 9.17) is 14.9 Å². The SMILES string of the molecule is O=C(O)CN[C@H]1C(O)O[C@H](CO)[C@@H](O)[C@@H]1O. The number of rotatable bonds is 4. The molecular weight excluding hydrogens is 222 g/mol. The van der Waals surface area contributed by atoms with E-state index in [0.29, 0.717) is 0 Å². The minimum Gasteiger partial charge on any atom is -0.480 e. The second kappa shape index (κ2) is 5.53. The lowest BCUT2D eigenvalue weighted by Gasteiger charge is -2.40. The standard InChI is InChI=1S/C8H15NO7/c10-2-3-6(13)7(14)5(8(15)16-3)9-1-4(11)12/h3,5-10,13-15H,1-2H2,(H,11,12)/t3-,5-,6-,7-,8?/m1/s1. The summed E-state index contributed by atoms with van der Waals surface area (Å²) < 4.78 is 4.80. The monoisotopic (exact) mass is 237 g/mol. The molecule has 0 radical (unpaired) electrons. The van der Waals surface area contributed by atoms with Gasteiger partial charge >= 0.3 is 5.97 Å². The molecule has 1 heterocycles. The maximum absolute atomic E-state index is 10.3. The van der Waals surface area contributed by atoms with Crippen molar-refractivity contribution in [1.29, 1.82) is 0 Å². The predicted octanol–water partition coefficient (Wildman–Crippen LogP) is -3.54. The first-order chi connectivity index (χ1) is 7.47. The number of carbonyl (C=O) groups is 1. The highest BCUT2D eigenvalue weighted by atomic mass is 16.6. The van der Waals surface area contributed by atoms with Crippen LogP contribution in [0.5, 0.6) is 0 Å². The van der Waals surface area contributed by atoms with Crippen LogP contribution in [0.25, 0.3) is 0 Å². The molecule has 1 unspecified atom stereocenters. The largest absolute Gasteiger partial charge is 0.480 e. The Morgan fingerprint density at radius 1 is 1.25 bits per heavy atom. The van der Waals surface area contributed by atoms with Crippen molar-refractivity contribution >= 4 is 5.97 Å². The van der Waals surface area contributed by atoms with Gasteiger partial charge in [-0.25, -0.2) is 0 Å². The summed E-state index contributed by atoms with van der Waals surface area (Å²) in [7, 11) is 0. The summed E-state index contributed by atoms with van der Waals surface area (Å²) in [5.41, 5.74) is 0. The van der Waals surface area contributed by atoms with Crippen molar-refractivity contribution in [3.05, 3.63) is 0 Å². The van der Waals surface area contributed by atoms with Crippen LogP contribution in [0.4, 0.5) is 0 Å². The summed E-state index contributed by atoms with van der Waals surface area (Å²) in [5.74, 6) is -1.17. The van der Waals surface area contributed by atoms with Gasteiger partial charge in [-0.15, -0.1) is 0 Å². The van der Waals surface area contributed by atoms with Gasteiger partial charge in [0, 0.05) is 0 Å². The first-order valence-corrected chi connectivity index (χ1v) is 4.73. The summed E-state index contributed by atoms with van der Waals surface area (Å²) in [6.07, 6.45) is -5.39. The van der Waals surface area contributed by atoms with E-state index in [2.05, 4.69) is 5.32 Å². The molecule has 0 aliphatic carbocycles. The molecule has 8 nitrogen and oxygen atoms in total. The molecule has 1 aliphatic heterocycles. The van der Waals surface area contributed by atoms with E-state index in [9.17, 15) is 20.1 Å². The van der Waals surface area contributed by atoms with Crippen LogP contribution in [0.1, 0.15) is 0 Å². The first-order valence-electron chi connectivity index (χ1n) is 4.73. The fourth-order valence-corrected chi connectivity index (χ4v) is 1.52. The van der Waals surface area contributed by atoms with Crippen LogP contribution in [-0.4, -0.2) is 75.3 Å². The number of ether oxygens (including phenoxy) is 1. The number of hydrogen-bond donors (Lipinski definition) is 6. The third-order valence-corrected chi connectivity index (χ3v) is 2.39. The zero-order valence-corrected chi connectivity index (χ0v) is 8.35. The summed E-state index contributed by atoms with van der Waals surface area (Å²) in [4.78, 5) is 10.3. The van der Waals surface area contributed by atoms with E-state index >= 15 is 0 Å². The molecule has 0 aromatic carbocycles. The van der Waals surface area contributed by atoms with Crippen LogP contribution in [0, 0.1) is 0 Å². The lowest BCUT2D eigenvalue weighted by molar-refractivity contribution is -0.254. The third kappa shape index (κ3) is 2.88. The Labute approximate surface area is 91.1 Å². The molecule has 94 valence electrons. The van der Waals surface area contributed by atoms with Gasteiger partial charge in [-0.1, -0.05) is 0 Å². The highest BCUT2D eigenvalue weighted by Crippen LogP contribution is 2.19. The minimum absolute atomic E-state index is 0.487. The quantitative estimate of drug-likeness (QED) is 0.295. The van der Waals surface area contributed by atoms with Gasteiger partial charge in [0.05, 0.1) is 19.2 Å². The molecule has 8 heteroatoms. The lowest BCUT2D eigenvalue weighted by atomic mass is 9.97. The van der Waals surface area contributed by atoms with Gasteiger partial charge in [-0.05, 0) is 0 Å². The Morgan fingerprint density at radius 3 is 2.38 bits per heavy atom. The van der Waals surface area contributed by atoms with Gasteiger partial charge < -0.3 is 30.3 Å². The second-order valence-corrected chi connectivity index (χ2v) is 3.53. The molecule has 16 heavy (non-hydrogen) atoms. The van der Waals surface area contributed by atoms with Crippen molar-refractivity contribution in [3.63, 3.8) is 0 Å². The average Bonchev–Trinajstić information content (AvgIpc) is 2.22. The molecule has 1 aliphatic rings. The third-order valence-electron chi connectivity index (χ3n) is 2.39. The summed E-state index contributed by atoms with van der Waals surface area (Å²) >= 11 is 0. The molecule has 0 bridgehead atoms. The number of nitrogens with one attached hydrogen (secondary N) is 1. The van der Waals surface area contributed by atoms with Crippen molar-refractivity contribution in [2.75, 3.05) is 13.2 Å². The van der Waals surface area contributed by atoms with Crippen LogP contribution in [0.2, 0.25) is 0 Å². The number of aliphatic hydroxyl groups is 4. The molecule has 0 aromatic rings. The minimum atomic E-state index is -1.49. The molecule has 6 N–H and O–H groups in total. The Kier molecular flexibility index (Phi) is 4.59. The van der Waals surface area contributed by atoms with E-state index in [-0.39, 0.29) is 0 Å². The van der Waals surface area contributed by atoms with Crippen LogP contribution < -0.4 is 5.32 Å². The van der Waals surface area contributed by atoms with Gasteiger partial charge in [0.1, 0.15) is 18.3 Å². The fourth-order valence-electron chi connectivity index (χ4n) is 1.52. The van der Waals surface area contributed by atoms with Gasteiger partial charge in [0.2, 0.25) is 0 Å². The molecule has 1 saturated heterocycles. The normalized spacial score (nSPS) is 39.6. The molecule has 5 atom stereocenters. The summed E-state index contributed by atoms with van der Waals surface area (Å²) in [6.45, 7) is -1.04. The van der Waals surface area contributed by atoms with Gasteiger partial charge in [0.25, 0.3) is 0 Å². The van der Waals surface area contributed by atoms with E-state index in [1.807, 2.05) is 0 Å². The molecule has 0 aromatic heterocycles. The van der Waals surface area contributed by atoms with Crippen molar-refractivity contribution in [2.24, 2.45) is 0 Å². The molecule has 1 fully saturated rings. The predicted molar refractivity (Wildman–Crippen MR) is 49.4 cm³/mol. The first kappa shape index (κ1) is 13.3. The van der Waals surface area contributed by atoms with Gasteiger partial charge in [-0.2, -0.15) is 0 Å². The lowest BCUT2D eigenvalue weighted by Crippen LogP contribution is -2.63. The molecular formula is C8H15NO7. The molecule has 0 amide bonds. The molecule has 0 saturated carbocycles. The average molecular weight is 237 g/mol. The van der Waals surface area contributed by atoms with Crippen molar-refractivity contribution in [2.45, 2.75) is 30.6 Å². The maximum Gasteiger partial charge on any atom is 0.317 e. The topological polar surface area (TPSA) is 139 Å². The highest BCUT2D eigenvalue weighted by Gasteiger charge is 2.43. The second-order valence-electron chi connectivity index (χ2n) is 3.53. The number of carboxylic acids is 1. The van der Waals surface area contributed by atoms with Crippen LogP contribution in [-0.2, 0) is 9.53 Å². The number of aliphatic hydroxyl groups excluding tert-OH is 4. The number of hydrogen-bond acceptors (Lipinski definition) is 7. The Morgan fingerprint density at radius 2 is 1.88 bits per heavy atom. The summed E-state index contributed by atoms with van der Waals surface area (Å²) in [5, 5.41) is 48.0. The van der Waals surface area contributed by atoms with Crippen molar-refractivity contribution < 1.29 is 35.1 Å². The smallest absolute Gasteiger partial charge is 0.317 e. The Balaban J connectivity index is 2.60. The molecule has 1 rings (SSSR count). The number of carboxylic acid groups (broad SMARTS) is 1. The Hall–Kier alpha value is -0.770. The van der Waals surface area contributed by atoms with Crippen molar-refractivity contribution in [3.8, 4) is 0 Å². The number of aliphatic carboxylic acids is 1. The van der Waals surface area contributed by atoms with Crippen LogP contribution >= 0.6 is 0 Å². The Bertz CT molecular complexity index is 249. The molecule has 0 spiro atoms. The van der Waals surface area contributed by atoms with E-state index < -0.39 is 49.8 Å². The van der Waals surface area contributed by atoms with Crippen LogP contribution in [0.3, 0.4) is 0 Å². The maximum atomic E-state index is 10.3. The zero-order chi connectivity index (χ0) is 12.3. The highest BCUT2D eigenvalue weighted by molar-refractivity contribution is 5.69. The van der Waals surface area contributed by atoms with E-state index in [0.717, 1.165) is 0 Å². The van der Waals surface area contributed by atoms with Gasteiger partial charge in [0.15, 0.2) is 6.29 Å². The van der Waals surface area contributed by atoms with Crippen molar-refractivity contribution in [1.82, 2.24) is 5.32 Å². The fraction of sp³-hybridized carbons (Fsp3) is 0.875. The van der Waals surface area contributed by atoms with E-state index in [1.165, 1.54) is 0 Å². The zero-order valence-electron chi connectivity index (χ0n) is 8.35. The van der Waals surface area contributed by atoms with E-state index in [1.54, 1.807) is 0 Å². The van der Waals surface area contributed by atoms with Crippen LogP contribution in [0.15, 0.2) is 0 Å². The van der Waals surface area contributed by atoms with Gasteiger partial charge in [-0.3, -0.25) is 10.1 Å². The summed E-state index contributed by atoms with van der Waals surface area (Å²) in [6, 6.07) is -1.12.